The SMILES string of the molecule is Cc1ccc(C(=O)CCC(=O)Nc2ccc(N3CCN(Cc4ccccc4)CC3)cc2)s1. The van der Waals surface area contributed by atoms with Gasteiger partial charge in [0.1, 0.15) is 0 Å². The van der Waals surface area contributed by atoms with Crippen molar-refractivity contribution in [3.63, 3.8) is 0 Å². The van der Waals surface area contributed by atoms with Crippen molar-refractivity contribution in [2.45, 2.75) is 26.3 Å². The number of nitrogens with zero attached hydrogens (tertiary/aromatic N) is 2. The van der Waals surface area contributed by atoms with Gasteiger partial charge >= 0.3 is 0 Å². The fourth-order valence-corrected chi connectivity index (χ4v) is 4.75. The van der Waals surface area contributed by atoms with E-state index in [1.807, 2.05) is 31.2 Å². The Balaban J connectivity index is 1.22. The number of hydrogen-bond acceptors (Lipinski definition) is 5. The van der Waals surface area contributed by atoms with Crippen molar-refractivity contribution >= 4 is 34.4 Å². The predicted molar refractivity (Wildman–Crippen MR) is 132 cm³/mol. The molecule has 0 bridgehead atoms. The van der Waals surface area contributed by atoms with Crippen LogP contribution < -0.4 is 10.2 Å². The van der Waals surface area contributed by atoms with Gasteiger partial charge < -0.3 is 10.2 Å². The Labute approximate surface area is 193 Å². The Morgan fingerprint density at radius 3 is 2.25 bits per heavy atom. The van der Waals surface area contributed by atoms with Crippen LogP contribution in [-0.2, 0) is 11.3 Å². The number of anilines is 2. The smallest absolute Gasteiger partial charge is 0.224 e. The summed E-state index contributed by atoms with van der Waals surface area (Å²) in [4.78, 5) is 31.1. The first-order valence-electron chi connectivity index (χ1n) is 11.1. The Bertz CT molecular complexity index is 1040. The number of ketones is 1. The van der Waals surface area contributed by atoms with Crippen LogP contribution in [0.3, 0.4) is 0 Å². The van der Waals surface area contributed by atoms with Crippen LogP contribution in [0.1, 0.15) is 33.0 Å². The molecule has 0 atom stereocenters. The second-order valence-electron chi connectivity index (χ2n) is 8.18. The van der Waals surface area contributed by atoms with Crippen molar-refractivity contribution in [3.05, 3.63) is 82.0 Å². The number of carbonyl (C=O) groups excluding carboxylic acids is 2. The van der Waals surface area contributed by atoms with E-state index < -0.39 is 0 Å². The lowest BCUT2D eigenvalue weighted by Crippen LogP contribution is -2.45. The molecule has 0 spiro atoms. The second kappa shape index (κ2) is 10.6. The van der Waals surface area contributed by atoms with E-state index in [-0.39, 0.29) is 24.5 Å². The van der Waals surface area contributed by atoms with Gasteiger partial charge in [0.25, 0.3) is 0 Å². The zero-order valence-electron chi connectivity index (χ0n) is 18.4. The van der Waals surface area contributed by atoms with Gasteiger partial charge in [-0.1, -0.05) is 30.3 Å². The molecule has 0 aliphatic carbocycles. The van der Waals surface area contributed by atoms with E-state index in [1.54, 1.807) is 0 Å². The average molecular weight is 448 g/mol. The summed E-state index contributed by atoms with van der Waals surface area (Å²) in [5, 5.41) is 2.90. The number of hydrogen-bond donors (Lipinski definition) is 1. The third-order valence-corrected chi connectivity index (χ3v) is 6.77. The molecule has 1 fully saturated rings. The molecule has 1 aliphatic rings. The van der Waals surface area contributed by atoms with Gasteiger partial charge in [0.2, 0.25) is 5.91 Å². The molecule has 1 aliphatic heterocycles. The highest BCUT2D eigenvalue weighted by Crippen LogP contribution is 2.21. The molecule has 5 nitrogen and oxygen atoms in total. The van der Waals surface area contributed by atoms with Gasteiger partial charge in [-0.05, 0) is 48.9 Å². The number of carbonyl (C=O) groups is 2. The number of rotatable bonds is 8. The largest absolute Gasteiger partial charge is 0.369 e. The summed E-state index contributed by atoms with van der Waals surface area (Å²) in [5.41, 5.74) is 3.29. The van der Waals surface area contributed by atoms with E-state index in [4.69, 9.17) is 0 Å². The summed E-state index contributed by atoms with van der Waals surface area (Å²) in [6, 6.07) is 22.4. The van der Waals surface area contributed by atoms with E-state index in [9.17, 15) is 9.59 Å². The first-order valence-corrected chi connectivity index (χ1v) is 11.9. The number of thiophene rings is 1. The number of aryl methyl sites for hydroxylation is 1. The van der Waals surface area contributed by atoms with Crippen LogP contribution >= 0.6 is 11.3 Å². The molecule has 166 valence electrons. The molecule has 4 rings (SSSR count). The van der Waals surface area contributed by atoms with E-state index in [0.717, 1.165) is 48.2 Å². The van der Waals surface area contributed by atoms with Crippen molar-refractivity contribution in [3.8, 4) is 0 Å². The number of benzene rings is 2. The fraction of sp³-hybridized carbons (Fsp3) is 0.308. The third kappa shape index (κ3) is 6.05. The van der Waals surface area contributed by atoms with Gasteiger partial charge in [-0.25, -0.2) is 0 Å². The molecule has 0 saturated carbocycles. The zero-order valence-corrected chi connectivity index (χ0v) is 19.2. The minimum atomic E-state index is -0.131. The lowest BCUT2D eigenvalue weighted by molar-refractivity contribution is -0.116. The summed E-state index contributed by atoms with van der Waals surface area (Å²) < 4.78 is 0. The van der Waals surface area contributed by atoms with Crippen LogP contribution in [0.2, 0.25) is 0 Å². The maximum atomic E-state index is 12.3. The van der Waals surface area contributed by atoms with Crippen molar-refractivity contribution in [1.82, 2.24) is 4.90 Å². The number of Topliss-reactive ketones (excluding diaryl/α,β-unsaturated/α-hetero) is 1. The summed E-state index contributed by atoms with van der Waals surface area (Å²) in [7, 11) is 0. The summed E-state index contributed by atoms with van der Waals surface area (Å²) in [6.07, 6.45) is 0.429. The molecular formula is C26H29N3O2S. The highest BCUT2D eigenvalue weighted by molar-refractivity contribution is 7.14. The molecule has 1 aromatic heterocycles. The molecular weight excluding hydrogens is 418 g/mol. The van der Waals surface area contributed by atoms with Gasteiger partial charge in [-0.2, -0.15) is 0 Å². The molecule has 2 heterocycles. The molecule has 0 unspecified atom stereocenters. The maximum absolute atomic E-state index is 12.3. The Kier molecular flexibility index (Phi) is 7.35. The summed E-state index contributed by atoms with van der Waals surface area (Å²) >= 11 is 1.48. The van der Waals surface area contributed by atoms with E-state index >= 15 is 0 Å². The topological polar surface area (TPSA) is 52.7 Å². The monoisotopic (exact) mass is 447 g/mol. The van der Waals surface area contributed by atoms with Crippen molar-refractivity contribution in [1.29, 1.82) is 0 Å². The van der Waals surface area contributed by atoms with Gasteiger partial charge in [0.05, 0.1) is 4.88 Å². The summed E-state index contributed by atoms with van der Waals surface area (Å²) in [5.74, 6) is -0.103. The predicted octanol–water partition coefficient (Wildman–Crippen LogP) is 4.98. The first-order chi connectivity index (χ1) is 15.6. The second-order valence-corrected chi connectivity index (χ2v) is 9.47. The molecule has 3 aromatic rings. The highest BCUT2D eigenvalue weighted by Gasteiger charge is 2.17. The molecule has 6 heteroatoms. The molecule has 0 radical (unpaired) electrons. The first kappa shape index (κ1) is 22.2. The fourth-order valence-electron chi connectivity index (χ4n) is 3.92. The normalized spacial score (nSPS) is 14.3. The van der Waals surface area contributed by atoms with Gasteiger partial charge in [0, 0.05) is 61.8 Å². The van der Waals surface area contributed by atoms with Gasteiger partial charge in [-0.3, -0.25) is 14.5 Å². The lowest BCUT2D eigenvalue weighted by atomic mass is 10.1. The number of amides is 1. The quantitative estimate of drug-likeness (QED) is 0.495. The molecule has 2 aromatic carbocycles. The third-order valence-electron chi connectivity index (χ3n) is 5.73. The van der Waals surface area contributed by atoms with Crippen LogP contribution in [0.5, 0.6) is 0 Å². The Hall–Kier alpha value is -2.96. The Morgan fingerprint density at radius 1 is 0.875 bits per heavy atom. The van der Waals surface area contributed by atoms with Crippen LogP contribution in [0.4, 0.5) is 11.4 Å². The molecule has 1 amide bonds. The van der Waals surface area contributed by atoms with Crippen LogP contribution in [0.15, 0.2) is 66.7 Å². The highest BCUT2D eigenvalue weighted by atomic mass is 32.1. The van der Waals surface area contributed by atoms with Crippen LogP contribution in [0, 0.1) is 6.92 Å². The number of piperazine rings is 1. The zero-order chi connectivity index (χ0) is 22.3. The molecule has 1 saturated heterocycles. The number of nitrogens with one attached hydrogen (secondary N) is 1. The van der Waals surface area contributed by atoms with Crippen LogP contribution in [-0.4, -0.2) is 42.8 Å². The van der Waals surface area contributed by atoms with Gasteiger partial charge in [-0.15, -0.1) is 11.3 Å². The lowest BCUT2D eigenvalue weighted by Gasteiger charge is -2.36. The standard InChI is InChI=1S/C26H29N3O2S/c1-20-7-13-25(32-20)24(30)12-14-26(31)27-22-8-10-23(11-9-22)29-17-15-28(16-18-29)19-21-5-3-2-4-6-21/h2-11,13H,12,14-19H2,1H3,(H,27,31). The van der Waals surface area contributed by atoms with Crippen molar-refractivity contribution in [2.24, 2.45) is 0 Å². The Morgan fingerprint density at radius 2 is 1.59 bits per heavy atom. The van der Waals surface area contributed by atoms with E-state index in [1.165, 1.54) is 22.6 Å². The summed E-state index contributed by atoms with van der Waals surface area (Å²) in [6.45, 7) is 7.01. The van der Waals surface area contributed by atoms with Gasteiger partial charge in [0.15, 0.2) is 5.78 Å². The van der Waals surface area contributed by atoms with Crippen molar-refractivity contribution < 1.29 is 9.59 Å². The minimum absolute atomic E-state index is 0.0278. The molecule has 32 heavy (non-hydrogen) atoms. The maximum Gasteiger partial charge on any atom is 0.224 e. The van der Waals surface area contributed by atoms with E-state index in [2.05, 4.69) is 57.6 Å². The van der Waals surface area contributed by atoms with E-state index in [0.29, 0.717) is 0 Å². The van der Waals surface area contributed by atoms with Crippen molar-refractivity contribution in [2.75, 3.05) is 36.4 Å². The minimum Gasteiger partial charge on any atom is -0.369 e. The molecule has 1 N–H and O–H groups in total. The average Bonchev–Trinajstić information content (AvgIpc) is 3.26. The van der Waals surface area contributed by atoms with Crippen LogP contribution in [0.25, 0.3) is 0 Å².